The summed E-state index contributed by atoms with van der Waals surface area (Å²) in [6, 6.07) is 8.24. The number of hydrogen-bond acceptors (Lipinski definition) is 3. The Kier molecular flexibility index (Phi) is 4.88. The van der Waals surface area contributed by atoms with Gasteiger partial charge in [-0.2, -0.15) is 11.3 Å². The van der Waals surface area contributed by atoms with E-state index >= 15 is 0 Å². The van der Waals surface area contributed by atoms with Crippen LogP contribution >= 0.6 is 11.3 Å². The van der Waals surface area contributed by atoms with Crippen LogP contribution in [0.1, 0.15) is 29.8 Å². The number of likely N-dealkylation sites (tertiary alicyclic amines) is 1. The molecule has 1 amide bonds. The van der Waals surface area contributed by atoms with Crippen molar-refractivity contribution in [3.05, 3.63) is 52.0 Å². The molecule has 0 bridgehead atoms. The quantitative estimate of drug-likeness (QED) is 0.865. The highest BCUT2D eigenvalue weighted by molar-refractivity contribution is 7.07. The Hall–Kier alpha value is -1.68. The molecule has 22 heavy (non-hydrogen) atoms. The topological polar surface area (TPSA) is 33.2 Å². The zero-order valence-electron chi connectivity index (χ0n) is 13.0. The number of rotatable bonds is 4. The molecule has 0 spiro atoms. The van der Waals surface area contributed by atoms with E-state index in [9.17, 15) is 4.79 Å². The lowest BCUT2D eigenvalue weighted by Crippen LogP contribution is -2.41. The number of hydrogen-bond donors (Lipinski definition) is 0. The molecule has 1 atom stereocenters. The second kappa shape index (κ2) is 7.05. The van der Waals surface area contributed by atoms with E-state index in [1.54, 1.807) is 11.3 Å². The monoisotopic (exact) mass is 314 g/mol. The van der Waals surface area contributed by atoms with Crippen LogP contribution in [0, 0.1) is 12.8 Å². The summed E-state index contributed by atoms with van der Waals surface area (Å²) in [4.78, 5) is 19.1. The summed E-state index contributed by atoms with van der Waals surface area (Å²) in [5.41, 5.74) is 3.35. The minimum Gasteiger partial charge on any atom is -0.342 e. The number of carbonyl (C=O) groups is 1. The summed E-state index contributed by atoms with van der Waals surface area (Å²) in [5.74, 6) is 0.801. The van der Waals surface area contributed by atoms with E-state index in [2.05, 4.69) is 22.5 Å². The van der Waals surface area contributed by atoms with Crippen LogP contribution in [0.4, 0.5) is 0 Å². The molecule has 3 nitrogen and oxygen atoms in total. The predicted molar refractivity (Wildman–Crippen MR) is 90.0 cm³/mol. The van der Waals surface area contributed by atoms with Gasteiger partial charge in [-0.25, -0.2) is 0 Å². The minimum atomic E-state index is 0.264. The molecule has 0 radical (unpaired) electrons. The first-order valence-electron chi connectivity index (χ1n) is 7.92. The number of carbonyl (C=O) groups excluding carboxylic acids is 1. The molecule has 1 aliphatic heterocycles. The van der Waals surface area contributed by atoms with E-state index in [1.165, 1.54) is 6.42 Å². The highest BCUT2D eigenvalue weighted by Crippen LogP contribution is 2.21. The van der Waals surface area contributed by atoms with Crippen molar-refractivity contribution in [3.8, 4) is 0 Å². The Labute approximate surface area is 136 Å². The Balaban J connectivity index is 1.58. The van der Waals surface area contributed by atoms with Gasteiger partial charge in [0, 0.05) is 24.5 Å². The van der Waals surface area contributed by atoms with Crippen LogP contribution in [-0.4, -0.2) is 28.9 Å². The molecule has 2 aromatic heterocycles. The van der Waals surface area contributed by atoms with Crippen molar-refractivity contribution in [2.45, 2.75) is 32.6 Å². The summed E-state index contributed by atoms with van der Waals surface area (Å²) < 4.78 is 0. The summed E-state index contributed by atoms with van der Waals surface area (Å²) in [6.45, 7) is 3.81. The van der Waals surface area contributed by atoms with Crippen molar-refractivity contribution in [2.24, 2.45) is 5.92 Å². The maximum atomic E-state index is 12.4. The third kappa shape index (κ3) is 3.95. The molecule has 1 fully saturated rings. The van der Waals surface area contributed by atoms with Gasteiger partial charge in [0.2, 0.25) is 5.91 Å². The first kappa shape index (κ1) is 15.2. The molecule has 3 rings (SSSR count). The third-order valence-corrected chi connectivity index (χ3v) is 4.98. The molecule has 1 aliphatic rings. The van der Waals surface area contributed by atoms with Crippen molar-refractivity contribution in [3.63, 3.8) is 0 Å². The van der Waals surface area contributed by atoms with Gasteiger partial charge >= 0.3 is 0 Å². The maximum Gasteiger partial charge on any atom is 0.227 e. The number of aromatic nitrogens is 1. The first-order valence-corrected chi connectivity index (χ1v) is 8.86. The van der Waals surface area contributed by atoms with E-state index in [4.69, 9.17) is 0 Å². The van der Waals surface area contributed by atoms with Crippen molar-refractivity contribution >= 4 is 17.2 Å². The van der Waals surface area contributed by atoms with Gasteiger partial charge in [0.1, 0.15) is 0 Å². The van der Waals surface area contributed by atoms with Gasteiger partial charge in [0.25, 0.3) is 0 Å². The fourth-order valence-electron chi connectivity index (χ4n) is 3.15. The molecule has 2 aromatic rings. The molecule has 3 heterocycles. The third-order valence-electron chi connectivity index (χ3n) is 4.25. The van der Waals surface area contributed by atoms with E-state index in [0.29, 0.717) is 12.3 Å². The van der Waals surface area contributed by atoms with Gasteiger partial charge in [-0.1, -0.05) is 6.07 Å². The van der Waals surface area contributed by atoms with Crippen LogP contribution in [-0.2, 0) is 17.6 Å². The fraction of sp³-hybridized carbons (Fsp3) is 0.444. The van der Waals surface area contributed by atoms with Crippen LogP contribution in [0.3, 0.4) is 0 Å². The van der Waals surface area contributed by atoms with Gasteiger partial charge in [-0.15, -0.1) is 0 Å². The molecule has 0 N–H and O–H groups in total. The summed E-state index contributed by atoms with van der Waals surface area (Å²) in [5, 5.41) is 4.10. The maximum absolute atomic E-state index is 12.4. The normalized spacial score (nSPS) is 18.4. The molecule has 0 aromatic carbocycles. The van der Waals surface area contributed by atoms with Gasteiger partial charge in [-0.3, -0.25) is 9.78 Å². The smallest absolute Gasteiger partial charge is 0.227 e. The lowest BCUT2D eigenvalue weighted by atomic mass is 9.92. The van der Waals surface area contributed by atoms with Crippen LogP contribution in [0.2, 0.25) is 0 Å². The zero-order chi connectivity index (χ0) is 15.4. The molecule has 1 unspecified atom stereocenters. The summed E-state index contributed by atoms with van der Waals surface area (Å²) in [6.07, 6.45) is 3.81. The summed E-state index contributed by atoms with van der Waals surface area (Å²) in [7, 11) is 0. The Morgan fingerprint density at radius 3 is 3.09 bits per heavy atom. The Morgan fingerprint density at radius 2 is 2.32 bits per heavy atom. The van der Waals surface area contributed by atoms with Crippen molar-refractivity contribution in [1.29, 1.82) is 0 Å². The largest absolute Gasteiger partial charge is 0.342 e. The number of piperidine rings is 1. The van der Waals surface area contributed by atoms with E-state index in [0.717, 1.165) is 42.9 Å². The number of thiophene rings is 1. The van der Waals surface area contributed by atoms with E-state index in [-0.39, 0.29) is 5.91 Å². The molecule has 0 aliphatic carbocycles. The lowest BCUT2D eigenvalue weighted by molar-refractivity contribution is -0.132. The van der Waals surface area contributed by atoms with Crippen molar-refractivity contribution in [1.82, 2.24) is 9.88 Å². The van der Waals surface area contributed by atoms with Crippen molar-refractivity contribution in [2.75, 3.05) is 13.1 Å². The average molecular weight is 314 g/mol. The Morgan fingerprint density at radius 1 is 1.41 bits per heavy atom. The highest BCUT2D eigenvalue weighted by atomic mass is 32.1. The second-order valence-electron chi connectivity index (χ2n) is 6.13. The standard InChI is InChI=1S/C18H22N2OS/c1-14-4-2-6-17(19-14)10-15-5-3-8-20(12-15)18(21)11-16-7-9-22-13-16/h2,4,6-7,9,13,15H,3,5,8,10-12H2,1H3. The molecule has 4 heteroatoms. The van der Waals surface area contributed by atoms with Gasteiger partial charge in [0.15, 0.2) is 0 Å². The van der Waals surface area contributed by atoms with Crippen molar-refractivity contribution < 1.29 is 4.79 Å². The van der Waals surface area contributed by atoms with Crippen LogP contribution in [0.5, 0.6) is 0 Å². The Bertz CT molecular complexity index is 624. The summed E-state index contributed by atoms with van der Waals surface area (Å²) >= 11 is 1.65. The van der Waals surface area contributed by atoms with Crippen LogP contribution in [0.25, 0.3) is 0 Å². The van der Waals surface area contributed by atoms with Gasteiger partial charge in [0.05, 0.1) is 6.42 Å². The van der Waals surface area contributed by atoms with Gasteiger partial charge in [-0.05, 0) is 66.6 Å². The molecular formula is C18H22N2OS. The minimum absolute atomic E-state index is 0.264. The second-order valence-corrected chi connectivity index (χ2v) is 6.91. The number of amides is 1. The predicted octanol–water partition coefficient (Wildman–Crippen LogP) is 3.48. The number of pyridine rings is 1. The molecule has 116 valence electrons. The van der Waals surface area contributed by atoms with E-state index < -0.39 is 0 Å². The lowest BCUT2D eigenvalue weighted by Gasteiger charge is -2.32. The number of nitrogens with zero attached hydrogens (tertiary/aromatic N) is 2. The SMILES string of the molecule is Cc1cccc(CC2CCCN(C(=O)Cc3ccsc3)C2)n1. The molecule has 0 saturated carbocycles. The van der Waals surface area contributed by atoms with Crippen LogP contribution < -0.4 is 0 Å². The zero-order valence-corrected chi connectivity index (χ0v) is 13.8. The van der Waals surface area contributed by atoms with E-state index in [1.807, 2.05) is 29.3 Å². The molecule has 1 saturated heterocycles. The number of aryl methyl sites for hydroxylation is 1. The fourth-order valence-corrected chi connectivity index (χ4v) is 3.82. The highest BCUT2D eigenvalue weighted by Gasteiger charge is 2.24. The molecular weight excluding hydrogens is 292 g/mol. The first-order chi connectivity index (χ1) is 10.7. The average Bonchev–Trinajstić information content (AvgIpc) is 3.00. The van der Waals surface area contributed by atoms with Crippen LogP contribution in [0.15, 0.2) is 35.0 Å². The van der Waals surface area contributed by atoms with Gasteiger partial charge < -0.3 is 4.90 Å².